The molecule has 0 unspecified atom stereocenters. The van der Waals surface area contributed by atoms with E-state index in [1.165, 1.54) is 36.4 Å². The Balaban J connectivity index is 2.13. The normalized spacial score (nSPS) is 12.5. The fourth-order valence-electron chi connectivity index (χ4n) is 2.15. The Hall–Kier alpha value is -1.96. The molecule has 146 valence electrons. The van der Waals surface area contributed by atoms with E-state index in [2.05, 4.69) is 10.0 Å². The summed E-state index contributed by atoms with van der Waals surface area (Å²) in [7, 11) is -3.89. The molecule has 27 heavy (non-hydrogen) atoms. The van der Waals surface area contributed by atoms with Crippen molar-refractivity contribution in [1.82, 2.24) is 5.32 Å². The van der Waals surface area contributed by atoms with E-state index >= 15 is 0 Å². The van der Waals surface area contributed by atoms with Gasteiger partial charge in [0.25, 0.3) is 15.9 Å². The summed E-state index contributed by atoms with van der Waals surface area (Å²) in [5.74, 6) is 0.118. The van der Waals surface area contributed by atoms with Gasteiger partial charge in [-0.15, -0.1) is 0 Å². The summed E-state index contributed by atoms with van der Waals surface area (Å²) in [5.41, 5.74) is 0.111. The average Bonchev–Trinajstić information content (AvgIpc) is 2.58. The Labute approximate surface area is 168 Å². The fraction of sp³-hybridized carbons (Fsp3) is 0.278. The van der Waals surface area contributed by atoms with Crippen molar-refractivity contribution >= 4 is 44.8 Å². The number of carbonyl (C=O) groups excluding carboxylic acids is 1. The van der Waals surface area contributed by atoms with Crippen molar-refractivity contribution in [3.05, 3.63) is 52.5 Å². The quantitative estimate of drug-likeness (QED) is 0.692. The summed E-state index contributed by atoms with van der Waals surface area (Å²) in [4.78, 5) is 11.9. The molecule has 0 aromatic heterocycles. The molecular formula is C18H20Cl2N2O4S. The number of hydrogen-bond acceptors (Lipinski definition) is 4. The number of para-hydroxylation sites is 1. The molecule has 0 radical (unpaired) electrons. The third kappa shape index (κ3) is 5.76. The lowest BCUT2D eigenvalue weighted by atomic mass is 10.3. The molecule has 0 aliphatic rings. The molecule has 1 amide bonds. The molecule has 2 aromatic carbocycles. The highest BCUT2D eigenvalue weighted by atomic mass is 35.5. The maximum Gasteiger partial charge on any atom is 0.261 e. The summed E-state index contributed by atoms with van der Waals surface area (Å²) in [6.07, 6.45) is -0.713. The van der Waals surface area contributed by atoms with Crippen LogP contribution in [-0.2, 0) is 14.8 Å². The van der Waals surface area contributed by atoms with Crippen LogP contribution in [0, 0.1) is 0 Å². The van der Waals surface area contributed by atoms with Gasteiger partial charge in [0, 0.05) is 6.04 Å². The molecule has 0 fully saturated rings. The molecule has 2 rings (SSSR count). The summed E-state index contributed by atoms with van der Waals surface area (Å²) in [6.45, 7) is 5.31. The second-order valence-corrected chi connectivity index (χ2v) is 8.59. The minimum absolute atomic E-state index is 0.00113. The molecule has 0 aliphatic carbocycles. The Bertz CT molecular complexity index is 895. The number of hydrogen-bond donors (Lipinski definition) is 2. The minimum Gasteiger partial charge on any atom is -0.481 e. The SMILES string of the molecule is CC(C)NC(=O)[C@@H](C)Oc1ccc(S(=O)(=O)Nc2c(Cl)cccc2Cl)cc1. The third-order valence-corrected chi connectivity index (χ3v) is 5.44. The molecular weight excluding hydrogens is 411 g/mol. The zero-order valence-electron chi connectivity index (χ0n) is 15.0. The Kier molecular flexibility index (Phi) is 6.97. The van der Waals surface area contributed by atoms with Gasteiger partial charge in [-0.25, -0.2) is 8.42 Å². The predicted molar refractivity (Wildman–Crippen MR) is 107 cm³/mol. The van der Waals surface area contributed by atoms with Crippen LogP contribution < -0.4 is 14.8 Å². The molecule has 9 heteroatoms. The summed E-state index contributed by atoms with van der Waals surface area (Å²) < 4.78 is 33.0. The van der Waals surface area contributed by atoms with Crippen molar-refractivity contribution in [2.75, 3.05) is 4.72 Å². The maximum atomic E-state index is 12.5. The van der Waals surface area contributed by atoms with Gasteiger partial charge in [-0.2, -0.15) is 0 Å². The minimum atomic E-state index is -3.89. The molecule has 0 saturated heterocycles. The lowest BCUT2D eigenvalue weighted by Crippen LogP contribution is -2.40. The first kappa shape index (κ1) is 21.3. The van der Waals surface area contributed by atoms with E-state index in [1.807, 2.05) is 13.8 Å². The van der Waals surface area contributed by atoms with Gasteiger partial charge in [0.1, 0.15) is 5.75 Å². The van der Waals surface area contributed by atoms with Crippen molar-refractivity contribution in [2.24, 2.45) is 0 Å². The van der Waals surface area contributed by atoms with Crippen LogP contribution in [0.5, 0.6) is 5.75 Å². The van der Waals surface area contributed by atoms with Gasteiger partial charge in [-0.1, -0.05) is 29.3 Å². The predicted octanol–water partition coefficient (Wildman–Crippen LogP) is 4.09. The number of amides is 1. The standard InChI is InChI=1S/C18H20Cl2N2O4S/c1-11(2)21-18(23)12(3)26-13-7-9-14(10-8-13)27(24,25)22-17-15(19)5-4-6-16(17)20/h4-12,22H,1-3H3,(H,21,23)/t12-/m1/s1. The van der Waals surface area contributed by atoms with E-state index in [4.69, 9.17) is 27.9 Å². The lowest BCUT2D eigenvalue weighted by molar-refractivity contribution is -0.127. The zero-order valence-corrected chi connectivity index (χ0v) is 17.3. The number of halogens is 2. The van der Waals surface area contributed by atoms with Crippen molar-refractivity contribution in [3.8, 4) is 5.75 Å². The second-order valence-electron chi connectivity index (χ2n) is 6.10. The number of anilines is 1. The highest BCUT2D eigenvalue weighted by Crippen LogP contribution is 2.32. The second kappa shape index (κ2) is 8.82. The van der Waals surface area contributed by atoms with Gasteiger partial charge < -0.3 is 10.1 Å². The number of ether oxygens (including phenoxy) is 1. The van der Waals surface area contributed by atoms with Crippen LogP contribution in [0.4, 0.5) is 5.69 Å². The van der Waals surface area contributed by atoms with Gasteiger partial charge in [-0.3, -0.25) is 9.52 Å². The van der Waals surface area contributed by atoms with Gasteiger partial charge in [0.15, 0.2) is 6.10 Å². The number of carbonyl (C=O) groups is 1. The summed E-state index contributed by atoms with van der Waals surface area (Å²) in [5, 5.41) is 3.12. The Morgan fingerprint density at radius 1 is 1.00 bits per heavy atom. The lowest BCUT2D eigenvalue weighted by Gasteiger charge is -2.17. The molecule has 2 N–H and O–H groups in total. The fourth-order valence-corrected chi connectivity index (χ4v) is 3.85. The molecule has 2 aromatic rings. The number of sulfonamides is 1. The Morgan fingerprint density at radius 3 is 2.07 bits per heavy atom. The van der Waals surface area contributed by atoms with Crippen LogP contribution in [0.2, 0.25) is 10.0 Å². The van der Waals surface area contributed by atoms with Crippen LogP contribution in [0.25, 0.3) is 0 Å². The third-order valence-electron chi connectivity index (χ3n) is 3.45. The molecule has 6 nitrogen and oxygen atoms in total. The number of benzene rings is 2. The molecule has 1 atom stereocenters. The van der Waals surface area contributed by atoms with Gasteiger partial charge in [0.05, 0.1) is 20.6 Å². The largest absolute Gasteiger partial charge is 0.481 e. The molecule has 0 saturated carbocycles. The van der Waals surface area contributed by atoms with Crippen molar-refractivity contribution < 1.29 is 17.9 Å². The smallest absolute Gasteiger partial charge is 0.261 e. The van der Waals surface area contributed by atoms with Crippen molar-refractivity contribution in [1.29, 1.82) is 0 Å². The highest BCUT2D eigenvalue weighted by Gasteiger charge is 2.19. The van der Waals surface area contributed by atoms with E-state index < -0.39 is 16.1 Å². The van der Waals surface area contributed by atoms with E-state index in [9.17, 15) is 13.2 Å². The molecule has 0 bridgehead atoms. The van der Waals surface area contributed by atoms with Crippen LogP contribution in [-0.4, -0.2) is 26.5 Å². The first-order valence-electron chi connectivity index (χ1n) is 8.14. The zero-order chi connectivity index (χ0) is 20.2. The first-order valence-corrected chi connectivity index (χ1v) is 10.4. The average molecular weight is 431 g/mol. The molecule has 0 heterocycles. The van der Waals surface area contributed by atoms with Gasteiger partial charge >= 0.3 is 0 Å². The first-order chi connectivity index (χ1) is 12.6. The van der Waals surface area contributed by atoms with Crippen LogP contribution in [0.1, 0.15) is 20.8 Å². The monoisotopic (exact) mass is 430 g/mol. The summed E-state index contributed by atoms with van der Waals surface area (Å²) >= 11 is 12.0. The van der Waals surface area contributed by atoms with E-state index in [-0.39, 0.29) is 32.6 Å². The van der Waals surface area contributed by atoms with E-state index in [1.54, 1.807) is 13.0 Å². The molecule has 0 aliphatic heterocycles. The summed E-state index contributed by atoms with van der Waals surface area (Å²) in [6, 6.07) is 10.4. The van der Waals surface area contributed by atoms with Crippen LogP contribution >= 0.6 is 23.2 Å². The van der Waals surface area contributed by atoms with Crippen LogP contribution in [0.3, 0.4) is 0 Å². The number of nitrogens with one attached hydrogen (secondary N) is 2. The van der Waals surface area contributed by atoms with E-state index in [0.717, 1.165) is 0 Å². The van der Waals surface area contributed by atoms with Gasteiger partial charge in [-0.05, 0) is 57.2 Å². The van der Waals surface area contributed by atoms with Crippen molar-refractivity contribution in [2.45, 2.75) is 37.8 Å². The highest BCUT2D eigenvalue weighted by molar-refractivity contribution is 7.92. The Morgan fingerprint density at radius 2 is 1.56 bits per heavy atom. The van der Waals surface area contributed by atoms with Crippen molar-refractivity contribution in [3.63, 3.8) is 0 Å². The topological polar surface area (TPSA) is 84.5 Å². The number of rotatable bonds is 7. The maximum absolute atomic E-state index is 12.5. The van der Waals surface area contributed by atoms with Crippen LogP contribution in [0.15, 0.2) is 47.4 Å². The van der Waals surface area contributed by atoms with Gasteiger partial charge in [0.2, 0.25) is 0 Å². The molecule has 0 spiro atoms. The van der Waals surface area contributed by atoms with E-state index in [0.29, 0.717) is 5.75 Å².